The van der Waals surface area contributed by atoms with Crippen LogP contribution in [0.2, 0.25) is 0 Å². The van der Waals surface area contributed by atoms with Crippen LogP contribution in [0.3, 0.4) is 0 Å². The molecule has 0 aliphatic heterocycles. The lowest BCUT2D eigenvalue weighted by atomic mass is 10.2. The van der Waals surface area contributed by atoms with Gasteiger partial charge in [-0.25, -0.2) is 4.79 Å². The maximum atomic E-state index is 11.9. The highest BCUT2D eigenvalue weighted by molar-refractivity contribution is 5.94. The van der Waals surface area contributed by atoms with Crippen LogP contribution in [0.1, 0.15) is 30.6 Å². The number of rotatable bonds is 9. The van der Waals surface area contributed by atoms with Crippen molar-refractivity contribution in [2.75, 3.05) is 18.5 Å². The highest BCUT2D eigenvalue weighted by atomic mass is 16.5. The van der Waals surface area contributed by atoms with Gasteiger partial charge in [-0.15, -0.1) is 0 Å². The Morgan fingerprint density at radius 3 is 2.29 bits per heavy atom. The molecule has 1 amide bonds. The molecule has 7 heteroatoms. The predicted octanol–water partition coefficient (Wildman–Crippen LogP) is 3.20. The Labute approximate surface area is 163 Å². The van der Waals surface area contributed by atoms with Crippen LogP contribution in [0.5, 0.6) is 5.75 Å². The summed E-state index contributed by atoms with van der Waals surface area (Å²) in [7, 11) is 0. The Kier molecular flexibility index (Phi) is 8.02. The molecular formula is C21H23NO6. The van der Waals surface area contributed by atoms with Crippen LogP contribution in [0.25, 0.3) is 0 Å². The van der Waals surface area contributed by atoms with Crippen molar-refractivity contribution < 1.29 is 28.6 Å². The number of hydrogen-bond donors (Lipinski definition) is 1. The van der Waals surface area contributed by atoms with E-state index >= 15 is 0 Å². The molecule has 0 saturated heterocycles. The van der Waals surface area contributed by atoms with Crippen LogP contribution in [0.4, 0.5) is 5.69 Å². The van der Waals surface area contributed by atoms with Crippen molar-refractivity contribution in [1.82, 2.24) is 0 Å². The van der Waals surface area contributed by atoms with E-state index in [1.54, 1.807) is 50.2 Å². The molecule has 0 aliphatic carbocycles. The van der Waals surface area contributed by atoms with Gasteiger partial charge in [-0.05, 0) is 50.2 Å². The Bertz CT molecular complexity index is 786. The number of esters is 2. The normalized spacial score (nSPS) is 10.2. The maximum Gasteiger partial charge on any atom is 0.338 e. The van der Waals surface area contributed by atoms with Gasteiger partial charge in [-0.2, -0.15) is 0 Å². The van der Waals surface area contributed by atoms with Gasteiger partial charge in [-0.3, -0.25) is 9.59 Å². The quantitative estimate of drug-likeness (QED) is 0.667. The van der Waals surface area contributed by atoms with Gasteiger partial charge in [-0.1, -0.05) is 18.2 Å². The second kappa shape index (κ2) is 10.7. The molecule has 7 nitrogen and oxygen atoms in total. The summed E-state index contributed by atoms with van der Waals surface area (Å²) in [5.74, 6) is -0.777. The van der Waals surface area contributed by atoms with Crippen LogP contribution >= 0.6 is 0 Å². The first-order valence-electron chi connectivity index (χ1n) is 8.88. The zero-order valence-electron chi connectivity index (χ0n) is 15.8. The summed E-state index contributed by atoms with van der Waals surface area (Å²) in [6.45, 7) is 3.29. The standard InChI is InChI=1S/C21H23NO6/c1-15(2)28-21(25)16-8-10-17(11-9-16)22-19(23)14-27-20(24)12-13-26-18-6-4-3-5-7-18/h3-11,15H,12-14H2,1-2H3,(H,22,23). The molecule has 1 N–H and O–H groups in total. The number of carbonyl (C=O) groups excluding carboxylic acids is 3. The molecule has 0 radical (unpaired) electrons. The minimum Gasteiger partial charge on any atom is -0.493 e. The van der Waals surface area contributed by atoms with E-state index in [0.717, 1.165) is 0 Å². The third-order valence-electron chi connectivity index (χ3n) is 3.43. The molecule has 2 aromatic carbocycles. The fraction of sp³-hybridized carbons (Fsp3) is 0.286. The molecule has 2 aromatic rings. The monoisotopic (exact) mass is 385 g/mol. The smallest absolute Gasteiger partial charge is 0.338 e. The first kappa shape index (κ1) is 21.0. The van der Waals surface area contributed by atoms with E-state index in [1.807, 2.05) is 18.2 Å². The third-order valence-corrected chi connectivity index (χ3v) is 3.43. The fourth-order valence-electron chi connectivity index (χ4n) is 2.16. The second-order valence-electron chi connectivity index (χ2n) is 6.15. The van der Waals surface area contributed by atoms with Crippen molar-refractivity contribution >= 4 is 23.5 Å². The van der Waals surface area contributed by atoms with E-state index in [9.17, 15) is 14.4 Å². The summed E-state index contributed by atoms with van der Waals surface area (Å²) in [6, 6.07) is 15.3. The van der Waals surface area contributed by atoms with Gasteiger partial charge in [0.25, 0.3) is 5.91 Å². The SMILES string of the molecule is CC(C)OC(=O)c1ccc(NC(=O)COC(=O)CCOc2ccccc2)cc1. The summed E-state index contributed by atoms with van der Waals surface area (Å²) in [5, 5.41) is 2.59. The number of benzene rings is 2. The molecule has 0 heterocycles. The minimum absolute atomic E-state index is 0.0365. The first-order chi connectivity index (χ1) is 13.4. The summed E-state index contributed by atoms with van der Waals surface area (Å²) >= 11 is 0. The Morgan fingerprint density at radius 2 is 1.64 bits per heavy atom. The van der Waals surface area contributed by atoms with Crippen LogP contribution in [0.15, 0.2) is 54.6 Å². The zero-order chi connectivity index (χ0) is 20.4. The van der Waals surface area contributed by atoms with Gasteiger partial charge in [0.2, 0.25) is 0 Å². The molecule has 2 rings (SSSR count). The number of anilines is 1. The van der Waals surface area contributed by atoms with E-state index in [2.05, 4.69) is 5.32 Å². The first-order valence-corrected chi connectivity index (χ1v) is 8.88. The number of hydrogen-bond acceptors (Lipinski definition) is 6. The molecule has 148 valence electrons. The molecule has 0 spiro atoms. The Morgan fingerprint density at radius 1 is 0.964 bits per heavy atom. The number of nitrogens with one attached hydrogen (secondary N) is 1. The van der Waals surface area contributed by atoms with Crippen molar-refractivity contribution in [3.05, 3.63) is 60.2 Å². The van der Waals surface area contributed by atoms with E-state index in [4.69, 9.17) is 14.2 Å². The van der Waals surface area contributed by atoms with Crippen molar-refractivity contribution in [2.45, 2.75) is 26.4 Å². The average Bonchev–Trinajstić information content (AvgIpc) is 2.67. The number of para-hydroxylation sites is 1. The van der Waals surface area contributed by atoms with Crippen molar-refractivity contribution in [1.29, 1.82) is 0 Å². The van der Waals surface area contributed by atoms with E-state index in [-0.39, 0.29) is 19.1 Å². The number of amides is 1. The number of ether oxygens (including phenoxy) is 3. The largest absolute Gasteiger partial charge is 0.493 e. The van der Waals surface area contributed by atoms with Gasteiger partial charge in [0.15, 0.2) is 6.61 Å². The number of carbonyl (C=O) groups is 3. The van der Waals surface area contributed by atoms with Gasteiger partial charge >= 0.3 is 11.9 Å². The molecule has 0 aromatic heterocycles. The summed E-state index contributed by atoms with van der Waals surface area (Å²) < 4.78 is 15.4. The fourth-order valence-corrected chi connectivity index (χ4v) is 2.16. The van der Waals surface area contributed by atoms with Gasteiger partial charge in [0.05, 0.1) is 24.7 Å². The summed E-state index contributed by atoms with van der Waals surface area (Å²) in [5.41, 5.74) is 0.867. The third kappa shape index (κ3) is 7.49. The highest BCUT2D eigenvalue weighted by Gasteiger charge is 2.11. The zero-order valence-corrected chi connectivity index (χ0v) is 15.8. The molecule has 0 fully saturated rings. The van der Waals surface area contributed by atoms with E-state index < -0.39 is 24.5 Å². The molecule has 28 heavy (non-hydrogen) atoms. The Balaban J connectivity index is 1.68. The lowest BCUT2D eigenvalue weighted by molar-refractivity contribution is -0.147. The summed E-state index contributed by atoms with van der Waals surface area (Å²) in [4.78, 5) is 35.3. The maximum absolute atomic E-state index is 11.9. The predicted molar refractivity (Wildman–Crippen MR) is 103 cm³/mol. The topological polar surface area (TPSA) is 90.9 Å². The van der Waals surface area contributed by atoms with Crippen LogP contribution in [-0.4, -0.2) is 37.2 Å². The minimum atomic E-state index is -0.530. The van der Waals surface area contributed by atoms with Crippen LogP contribution in [-0.2, 0) is 19.1 Å². The lowest BCUT2D eigenvalue weighted by Crippen LogP contribution is -2.21. The van der Waals surface area contributed by atoms with Gasteiger partial charge < -0.3 is 19.5 Å². The van der Waals surface area contributed by atoms with Crippen molar-refractivity contribution in [3.8, 4) is 5.75 Å². The highest BCUT2D eigenvalue weighted by Crippen LogP contribution is 2.12. The van der Waals surface area contributed by atoms with Crippen LogP contribution in [0, 0.1) is 0 Å². The second-order valence-corrected chi connectivity index (χ2v) is 6.15. The van der Waals surface area contributed by atoms with Gasteiger partial charge in [0, 0.05) is 5.69 Å². The molecule has 0 atom stereocenters. The average molecular weight is 385 g/mol. The molecule has 0 aliphatic rings. The van der Waals surface area contributed by atoms with Crippen molar-refractivity contribution in [2.24, 2.45) is 0 Å². The van der Waals surface area contributed by atoms with E-state index in [0.29, 0.717) is 17.0 Å². The van der Waals surface area contributed by atoms with E-state index in [1.165, 1.54) is 0 Å². The molecule has 0 unspecified atom stereocenters. The molecular weight excluding hydrogens is 362 g/mol. The van der Waals surface area contributed by atoms with Crippen LogP contribution < -0.4 is 10.1 Å². The van der Waals surface area contributed by atoms with Gasteiger partial charge in [0.1, 0.15) is 5.75 Å². The molecule has 0 saturated carbocycles. The van der Waals surface area contributed by atoms with Crippen molar-refractivity contribution in [3.63, 3.8) is 0 Å². The molecule has 0 bridgehead atoms. The Hall–Kier alpha value is -3.35. The summed E-state index contributed by atoms with van der Waals surface area (Å²) in [6.07, 6.45) is -0.172. The lowest BCUT2D eigenvalue weighted by Gasteiger charge is -2.09.